The fourth-order valence-electron chi connectivity index (χ4n) is 3.20. The molecule has 140 valence electrons. The summed E-state index contributed by atoms with van der Waals surface area (Å²) >= 11 is 0. The first-order valence-electron chi connectivity index (χ1n) is 8.90. The molecule has 0 aromatic heterocycles. The lowest BCUT2D eigenvalue weighted by molar-refractivity contribution is -0.163. The van der Waals surface area contributed by atoms with Crippen LogP contribution in [0.5, 0.6) is 0 Å². The first kappa shape index (κ1) is 18.4. The molecule has 2 heterocycles. The van der Waals surface area contributed by atoms with Gasteiger partial charge in [0.1, 0.15) is 0 Å². The van der Waals surface area contributed by atoms with Gasteiger partial charge in [-0.15, -0.1) is 0 Å². The van der Waals surface area contributed by atoms with Crippen molar-refractivity contribution in [3.8, 4) is 0 Å². The van der Waals surface area contributed by atoms with Crippen LogP contribution in [0, 0.1) is 12.8 Å². The Morgan fingerprint density at radius 1 is 1.19 bits per heavy atom. The Morgan fingerprint density at radius 3 is 2.50 bits per heavy atom. The predicted molar refractivity (Wildman–Crippen MR) is 94.6 cm³/mol. The second kappa shape index (κ2) is 7.86. The summed E-state index contributed by atoms with van der Waals surface area (Å²) in [5, 5.41) is 0. The molecule has 0 saturated carbocycles. The standard InChI is InChI=1S/C19H24N2O5/c1-13-3-5-16(6-4-13)21-12-15(11-17(21)22)19(24)26-14(2)18(23)20-7-9-25-10-8-20/h3-6,14-15H,7-12H2,1-2H3. The van der Waals surface area contributed by atoms with Crippen molar-refractivity contribution in [2.75, 3.05) is 37.7 Å². The Labute approximate surface area is 152 Å². The summed E-state index contributed by atoms with van der Waals surface area (Å²) in [6.07, 6.45) is -0.755. The highest BCUT2D eigenvalue weighted by atomic mass is 16.5. The van der Waals surface area contributed by atoms with Gasteiger partial charge in [-0.1, -0.05) is 17.7 Å². The molecule has 7 heteroatoms. The number of nitrogens with zero attached hydrogens (tertiary/aromatic N) is 2. The molecule has 0 spiro atoms. The third kappa shape index (κ3) is 4.04. The molecule has 2 amide bonds. The number of anilines is 1. The van der Waals surface area contributed by atoms with E-state index in [0.29, 0.717) is 26.3 Å². The van der Waals surface area contributed by atoms with Gasteiger partial charge in [-0.25, -0.2) is 0 Å². The summed E-state index contributed by atoms with van der Waals surface area (Å²) in [6, 6.07) is 7.59. The molecule has 3 rings (SSSR count). The van der Waals surface area contributed by atoms with Gasteiger partial charge in [-0.3, -0.25) is 14.4 Å². The van der Waals surface area contributed by atoms with Gasteiger partial charge in [0.2, 0.25) is 5.91 Å². The van der Waals surface area contributed by atoms with Crippen LogP contribution in [0.4, 0.5) is 5.69 Å². The van der Waals surface area contributed by atoms with E-state index in [1.165, 1.54) is 0 Å². The number of carbonyl (C=O) groups is 3. The molecule has 0 radical (unpaired) electrons. The zero-order valence-electron chi connectivity index (χ0n) is 15.1. The maximum absolute atomic E-state index is 12.4. The third-order valence-electron chi connectivity index (χ3n) is 4.77. The fraction of sp³-hybridized carbons (Fsp3) is 0.526. The first-order valence-corrected chi connectivity index (χ1v) is 8.90. The average Bonchev–Trinajstić information content (AvgIpc) is 3.04. The summed E-state index contributed by atoms with van der Waals surface area (Å²) in [4.78, 5) is 40.3. The summed E-state index contributed by atoms with van der Waals surface area (Å²) in [5.41, 5.74) is 1.88. The number of morpholine rings is 1. The van der Waals surface area contributed by atoms with Crippen LogP contribution in [0.3, 0.4) is 0 Å². The molecular weight excluding hydrogens is 336 g/mol. The van der Waals surface area contributed by atoms with Crippen LogP contribution in [0.25, 0.3) is 0 Å². The number of benzene rings is 1. The van der Waals surface area contributed by atoms with Gasteiger partial charge in [0.25, 0.3) is 5.91 Å². The Morgan fingerprint density at radius 2 is 1.85 bits per heavy atom. The highest BCUT2D eigenvalue weighted by molar-refractivity contribution is 5.99. The van der Waals surface area contributed by atoms with Crippen molar-refractivity contribution in [1.82, 2.24) is 4.90 Å². The zero-order valence-corrected chi connectivity index (χ0v) is 15.1. The van der Waals surface area contributed by atoms with Crippen molar-refractivity contribution in [2.24, 2.45) is 5.92 Å². The third-order valence-corrected chi connectivity index (χ3v) is 4.77. The van der Waals surface area contributed by atoms with Crippen molar-refractivity contribution in [2.45, 2.75) is 26.4 Å². The minimum absolute atomic E-state index is 0.102. The molecule has 2 aliphatic heterocycles. The van der Waals surface area contributed by atoms with Crippen LogP contribution < -0.4 is 4.90 Å². The molecule has 0 aliphatic carbocycles. The van der Waals surface area contributed by atoms with Gasteiger partial charge in [0.05, 0.1) is 19.1 Å². The molecule has 2 aliphatic rings. The number of hydrogen-bond acceptors (Lipinski definition) is 5. The van der Waals surface area contributed by atoms with Crippen molar-refractivity contribution in [1.29, 1.82) is 0 Å². The quantitative estimate of drug-likeness (QED) is 0.753. The average molecular weight is 360 g/mol. The Bertz CT molecular complexity index is 682. The van der Waals surface area contributed by atoms with Crippen LogP contribution in [-0.4, -0.2) is 61.6 Å². The number of amides is 2. The molecular formula is C19H24N2O5. The van der Waals surface area contributed by atoms with E-state index in [0.717, 1.165) is 11.3 Å². The van der Waals surface area contributed by atoms with Crippen molar-refractivity contribution >= 4 is 23.5 Å². The number of esters is 1. The molecule has 0 N–H and O–H groups in total. The minimum Gasteiger partial charge on any atom is -0.452 e. The number of carbonyl (C=O) groups excluding carboxylic acids is 3. The number of rotatable bonds is 4. The Kier molecular flexibility index (Phi) is 5.56. The molecule has 2 atom stereocenters. The lowest BCUT2D eigenvalue weighted by Crippen LogP contribution is -2.46. The lowest BCUT2D eigenvalue weighted by atomic mass is 10.1. The van der Waals surface area contributed by atoms with Gasteiger partial charge in [0.15, 0.2) is 6.10 Å². The molecule has 0 bridgehead atoms. The van der Waals surface area contributed by atoms with E-state index in [4.69, 9.17) is 9.47 Å². The molecule has 26 heavy (non-hydrogen) atoms. The summed E-state index contributed by atoms with van der Waals surface area (Å²) in [7, 11) is 0. The number of ether oxygens (including phenoxy) is 2. The van der Waals surface area contributed by atoms with Crippen LogP contribution in [0.15, 0.2) is 24.3 Å². The van der Waals surface area contributed by atoms with E-state index in [1.54, 1.807) is 16.7 Å². The van der Waals surface area contributed by atoms with Crippen LogP contribution >= 0.6 is 0 Å². The summed E-state index contributed by atoms with van der Waals surface area (Å²) < 4.78 is 10.6. The largest absolute Gasteiger partial charge is 0.452 e. The highest BCUT2D eigenvalue weighted by Gasteiger charge is 2.37. The maximum Gasteiger partial charge on any atom is 0.312 e. The van der Waals surface area contributed by atoms with E-state index in [9.17, 15) is 14.4 Å². The Hall–Kier alpha value is -2.41. The second-order valence-electron chi connectivity index (χ2n) is 6.76. The van der Waals surface area contributed by atoms with E-state index in [2.05, 4.69) is 0 Å². The van der Waals surface area contributed by atoms with E-state index >= 15 is 0 Å². The molecule has 7 nitrogen and oxygen atoms in total. The van der Waals surface area contributed by atoms with Crippen molar-refractivity contribution < 1.29 is 23.9 Å². The van der Waals surface area contributed by atoms with Crippen LogP contribution in [-0.2, 0) is 23.9 Å². The van der Waals surface area contributed by atoms with Crippen molar-refractivity contribution in [3.05, 3.63) is 29.8 Å². The van der Waals surface area contributed by atoms with E-state index < -0.39 is 18.0 Å². The van der Waals surface area contributed by atoms with Gasteiger partial charge >= 0.3 is 5.97 Å². The minimum atomic E-state index is -0.857. The summed E-state index contributed by atoms with van der Waals surface area (Å²) in [5.74, 6) is -1.38. The molecule has 1 aromatic rings. The molecule has 1 aromatic carbocycles. The number of aryl methyl sites for hydroxylation is 1. The van der Waals surface area contributed by atoms with Gasteiger partial charge in [0, 0.05) is 31.7 Å². The maximum atomic E-state index is 12.4. The monoisotopic (exact) mass is 360 g/mol. The SMILES string of the molecule is Cc1ccc(N2CC(C(=O)OC(C)C(=O)N3CCOCC3)CC2=O)cc1. The van der Waals surface area contributed by atoms with Crippen LogP contribution in [0.2, 0.25) is 0 Å². The van der Waals surface area contributed by atoms with E-state index in [-0.39, 0.29) is 24.8 Å². The fourth-order valence-corrected chi connectivity index (χ4v) is 3.20. The molecule has 2 saturated heterocycles. The topological polar surface area (TPSA) is 76.2 Å². The number of hydrogen-bond donors (Lipinski definition) is 0. The normalized spacial score (nSPS) is 21.6. The van der Waals surface area contributed by atoms with Crippen molar-refractivity contribution in [3.63, 3.8) is 0 Å². The van der Waals surface area contributed by atoms with Gasteiger partial charge in [-0.05, 0) is 26.0 Å². The summed E-state index contributed by atoms with van der Waals surface area (Å²) in [6.45, 7) is 5.82. The van der Waals surface area contributed by atoms with E-state index in [1.807, 2.05) is 31.2 Å². The van der Waals surface area contributed by atoms with Crippen LogP contribution in [0.1, 0.15) is 18.9 Å². The molecule has 2 fully saturated rings. The molecule has 2 unspecified atom stereocenters. The predicted octanol–water partition coefficient (Wildman–Crippen LogP) is 1.14. The Balaban J connectivity index is 1.57. The van der Waals surface area contributed by atoms with Gasteiger partial charge < -0.3 is 19.3 Å². The second-order valence-corrected chi connectivity index (χ2v) is 6.76. The van der Waals surface area contributed by atoms with Gasteiger partial charge in [-0.2, -0.15) is 0 Å². The lowest BCUT2D eigenvalue weighted by Gasteiger charge is -2.29. The smallest absolute Gasteiger partial charge is 0.312 e. The first-order chi connectivity index (χ1) is 12.5. The highest BCUT2D eigenvalue weighted by Crippen LogP contribution is 2.26. The zero-order chi connectivity index (χ0) is 18.7.